The molecule has 6 heavy (non-hydrogen) atoms. The van der Waals surface area contributed by atoms with Crippen molar-refractivity contribution in [1.82, 2.24) is 0 Å². The van der Waals surface area contributed by atoms with Gasteiger partial charge in [-0.1, -0.05) is 0 Å². The summed E-state index contributed by atoms with van der Waals surface area (Å²) in [6, 6.07) is 0. The molecule has 0 aliphatic rings. The third-order valence-corrected chi connectivity index (χ3v) is 0.954. The SMILES string of the molecule is C=BP(F)OC. The molecule has 0 bridgehead atoms. The van der Waals surface area contributed by atoms with Crippen molar-refractivity contribution in [3.8, 4) is 0 Å². The summed E-state index contributed by atoms with van der Waals surface area (Å²) in [6.45, 7) is 4.31. The quantitative estimate of drug-likeness (QED) is 0.376. The summed E-state index contributed by atoms with van der Waals surface area (Å²) in [6.07, 6.45) is 0. The molecule has 34 valence electrons. The Hall–Kier alpha value is 0.255. The van der Waals surface area contributed by atoms with Crippen molar-refractivity contribution in [2.75, 3.05) is 7.11 Å². The van der Waals surface area contributed by atoms with Gasteiger partial charge in [-0.25, -0.2) is 0 Å². The van der Waals surface area contributed by atoms with Gasteiger partial charge in [0.25, 0.3) is 0 Å². The predicted molar refractivity (Wildman–Crippen MR) is 27.9 cm³/mol. The second-order valence-corrected chi connectivity index (χ2v) is 1.91. The minimum absolute atomic E-state index is 1.15. The van der Waals surface area contributed by atoms with E-state index in [0.29, 0.717) is 0 Å². The van der Waals surface area contributed by atoms with Crippen molar-refractivity contribution in [2.24, 2.45) is 0 Å². The Kier molecular flexibility index (Phi) is 3.59. The number of hydrogen-bond donors (Lipinski definition) is 0. The molecule has 0 radical (unpaired) electrons. The summed E-state index contributed by atoms with van der Waals surface area (Å²) in [4.78, 5) is 0. The molecular formula is C2H5BFOP. The van der Waals surface area contributed by atoms with Crippen molar-refractivity contribution < 1.29 is 8.72 Å². The van der Waals surface area contributed by atoms with E-state index in [-0.39, 0.29) is 0 Å². The van der Waals surface area contributed by atoms with E-state index in [1.807, 2.05) is 0 Å². The van der Waals surface area contributed by atoms with Gasteiger partial charge < -0.3 is 0 Å². The fourth-order valence-electron chi connectivity index (χ4n) is 0.0745. The van der Waals surface area contributed by atoms with Gasteiger partial charge in [-0.3, -0.25) is 0 Å². The zero-order valence-electron chi connectivity index (χ0n) is 3.52. The Balaban J connectivity index is 2.96. The van der Waals surface area contributed by atoms with Crippen LogP contribution in [0.2, 0.25) is 0 Å². The maximum atomic E-state index is 11.6. The third-order valence-electron chi connectivity index (χ3n) is 0.318. The van der Waals surface area contributed by atoms with Gasteiger partial charge >= 0.3 is 37.3 Å². The Labute approximate surface area is 38.3 Å². The second-order valence-electron chi connectivity index (χ2n) is 0.637. The summed E-state index contributed by atoms with van der Waals surface area (Å²) >= 11 is 0. The minimum atomic E-state index is -1.81. The summed E-state index contributed by atoms with van der Waals surface area (Å²) < 4.78 is 15.8. The van der Waals surface area contributed by atoms with Gasteiger partial charge in [0.2, 0.25) is 0 Å². The summed E-state index contributed by atoms with van der Waals surface area (Å²) in [5, 5.41) is 0. The molecule has 0 fully saturated rings. The molecule has 0 aliphatic heterocycles. The molecule has 4 heteroatoms. The van der Waals surface area contributed by atoms with Crippen LogP contribution in [0.5, 0.6) is 0 Å². The standard InChI is InChI=1S/C2H5BFOP/c1-3-6(4)5-2/h1H2,2H3. The van der Waals surface area contributed by atoms with Crippen LogP contribution in [0, 0.1) is 0 Å². The fourth-order valence-corrected chi connectivity index (χ4v) is 0.224. The molecule has 0 rings (SSSR count). The van der Waals surface area contributed by atoms with Crippen LogP contribution in [-0.4, -0.2) is 20.2 Å². The van der Waals surface area contributed by atoms with Gasteiger partial charge in [-0.2, -0.15) is 0 Å². The first-order valence-corrected chi connectivity index (χ1v) is 2.65. The van der Waals surface area contributed by atoms with Gasteiger partial charge in [0.15, 0.2) is 0 Å². The first kappa shape index (κ1) is 6.25. The van der Waals surface area contributed by atoms with E-state index >= 15 is 0 Å². The van der Waals surface area contributed by atoms with E-state index in [4.69, 9.17) is 0 Å². The summed E-state index contributed by atoms with van der Waals surface area (Å²) in [5.41, 5.74) is 0. The molecule has 0 saturated heterocycles. The number of halogens is 1. The van der Waals surface area contributed by atoms with Gasteiger partial charge in [0.1, 0.15) is 0 Å². The van der Waals surface area contributed by atoms with Crippen LogP contribution in [0.15, 0.2) is 0 Å². The van der Waals surface area contributed by atoms with Gasteiger partial charge in [-0.05, 0) is 0 Å². The average Bonchev–Trinajstić information content (AvgIpc) is 1.65. The van der Waals surface area contributed by atoms with E-state index in [9.17, 15) is 4.20 Å². The van der Waals surface area contributed by atoms with Gasteiger partial charge in [-0.15, -0.1) is 0 Å². The topological polar surface area (TPSA) is 9.23 Å². The molecule has 0 amide bonds. The van der Waals surface area contributed by atoms with Crippen molar-refractivity contribution in [3.63, 3.8) is 0 Å². The Morgan fingerprint density at radius 3 is 2.50 bits per heavy atom. The maximum absolute atomic E-state index is 11.6. The van der Waals surface area contributed by atoms with Crippen molar-refractivity contribution in [2.45, 2.75) is 0 Å². The van der Waals surface area contributed by atoms with Gasteiger partial charge in [0.05, 0.1) is 0 Å². The molecule has 0 aromatic carbocycles. The molecule has 0 N–H and O–H groups in total. The third kappa shape index (κ3) is 2.49. The Morgan fingerprint density at radius 1 is 2.00 bits per heavy atom. The molecular weight excluding hydrogens is 101 g/mol. The second kappa shape index (κ2) is 3.45. The van der Waals surface area contributed by atoms with Crippen LogP contribution in [0.25, 0.3) is 0 Å². The Bertz CT molecular complexity index is 50.8. The molecule has 1 atom stereocenters. The molecule has 0 spiro atoms. The van der Waals surface area contributed by atoms with Crippen LogP contribution in [0.3, 0.4) is 0 Å². The van der Waals surface area contributed by atoms with Crippen molar-refractivity contribution >= 4 is 21.4 Å². The first-order chi connectivity index (χ1) is 2.81. The van der Waals surface area contributed by atoms with E-state index in [1.165, 1.54) is 7.11 Å². The van der Waals surface area contributed by atoms with Crippen molar-refractivity contribution in [3.05, 3.63) is 0 Å². The molecule has 0 saturated carbocycles. The van der Waals surface area contributed by atoms with E-state index < -0.39 is 8.34 Å². The van der Waals surface area contributed by atoms with Crippen LogP contribution >= 0.6 is 8.34 Å². The molecule has 0 aromatic rings. The number of hydrogen-bond acceptors (Lipinski definition) is 1. The molecule has 1 unspecified atom stereocenters. The van der Waals surface area contributed by atoms with E-state index in [1.54, 1.807) is 0 Å². The Morgan fingerprint density at radius 2 is 2.50 bits per heavy atom. The molecule has 1 nitrogen and oxygen atoms in total. The van der Waals surface area contributed by atoms with E-state index in [2.05, 4.69) is 11.0 Å². The zero-order valence-corrected chi connectivity index (χ0v) is 4.41. The van der Waals surface area contributed by atoms with Crippen LogP contribution in [0.4, 0.5) is 4.20 Å². The molecule has 0 heterocycles. The molecule has 0 aliphatic carbocycles. The van der Waals surface area contributed by atoms with Gasteiger partial charge in [0, 0.05) is 0 Å². The summed E-state index contributed by atoms with van der Waals surface area (Å²) in [5.74, 6) is 0. The van der Waals surface area contributed by atoms with Crippen molar-refractivity contribution in [1.29, 1.82) is 0 Å². The van der Waals surface area contributed by atoms with Crippen LogP contribution in [-0.2, 0) is 4.52 Å². The van der Waals surface area contributed by atoms with Crippen LogP contribution < -0.4 is 0 Å². The summed E-state index contributed by atoms with van der Waals surface area (Å²) in [7, 11) is -0.499. The zero-order chi connectivity index (χ0) is 4.99. The number of rotatable bonds is 2. The average molecular weight is 106 g/mol. The fraction of sp³-hybridized carbons (Fsp3) is 0.500. The first-order valence-electron chi connectivity index (χ1n) is 1.43. The monoisotopic (exact) mass is 106 g/mol. The predicted octanol–water partition coefficient (Wildman–Crippen LogP) is 0.965. The van der Waals surface area contributed by atoms with Crippen LogP contribution in [0.1, 0.15) is 0 Å². The van der Waals surface area contributed by atoms with E-state index in [0.717, 1.165) is 6.64 Å². The molecule has 0 aromatic heterocycles. The normalized spacial score (nSPS) is 13.0.